The molecule has 0 bridgehead atoms. The van der Waals surface area contributed by atoms with Gasteiger partial charge in [-0.15, -0.1) is 6.58 Å². The summed E-state index contributed by atoms with van der Waals surface area (Å²) in [6.45, 7) is 3.84. The molecule has 3 aromatic rings. The molecule has 7 nitrogen and oxygen atoms in total. The zero-order chi connectivity index (χ0) is 24.9. The Morgan fingerprint density at radius 2 is 1.14 bits per heavy atom. The molecule has 3 rings (SSSR count). The molecule has 1 N–H and O–H groups in total. The van der Waals surface area contributed by atoms with E-state index in [4.69, 9.17) is 14.2 Å². The largest absolute Gasteiger partial charge is 0.383 e. The van der Waals surface area contributed by atoms with Gasteiger partial charge in [0.05, 0.1) is 19.8 Å². The fraction of sp³-hybridized carbons (Fsp3) is 0.286. The van der Waals surface area contributed by atoms with E-state index in [0.717, 1.165) is 16.7 Å². The van der Waals surface area contributed by atoms with Crippen LogP contribution in [0.4, 0.5) is 0 Å². The van der Waals surface area contributed by atoms with Crippen LogP contribution in [0.2, 0.25) is 0 Å². The van der Waals surface area contributed by atoms with Gasteiger partial charge in [0.25, 0.3) is 0 Å². The van der Waals surface area contributed by atoms with Crippen LogP contribution >= 0.6 is 0 Å². The van der Waals surface area contributed by atoms with E-state index >= 15 is 0 Å². The summed E-state index contributed by atoms with van der Waals surface area (Å²) in [6.07, 6.45) is -2.42. The van der Waals surface area contributed by atoms with E-state index in [1.165, 1.54) is 0 Å². The Hall–Kier alpha value is -3.36. The second kappa shape index (κ2) is 14.1. The van der Waals surface area contributed by atoms with Crippen molar-refractivity contribution in [3.63, 3.8) is 0 Å². The van der Waals surface area contributed by atoms with Gasteiger partial charge in [0.1, 0.15) is 24.4 Å². The van der Waals surface area contributed by atoms with Crippen molar-refractivity contribution in [3.05, 3.63) is 130 Å². The molecule has 0 saturated carbocycles. The number of hydrogen-bond acceptors (Lipinski definition) is 6. The third-order valence-electron chi connectivity index (χ3n) is 5.45. The Morgan fingerprint density at radius 1 is 0.743 bits per heavy atom. The first-order valence-corrected chi connectivity index (χ1v) is 11.5. The average molecular weight is 478 g/mol. The number of ether oxygens (including phenoxy) is 3. The topological polar surface area (TPSA) is 91.1 Å². The normalized spacial score (nSPS) is 14.5. The monoisotopic (exact) mass is 477 g/mol. The minimum atomic E-state index is -1.42. The number of benzene rings is 3. The van der Waals surface area contributed by atoms with Crippen LogP contribution in [0.1, 0.15) is 16.7 Å². The van der Waals surface area contributed by atoms with Crippen LogP contribution in [0.15, 0.2) is 104 Å². The van der Waals surface area contributed by atoms with Crippen molar-refractivity contribution in [2.45, 2.75) is 44.2 Å². The molecule has 4 atom stereocenters. The van der Waals surface area contributed by atoms with E-state index in [1.807, 2.05) is 91.0 Å². The number of nitro groups is 1. The molecular weight excluding hydrogens is 446 g/mol. The fourth-order valence-electron chi connectivity index (χ4n) is 3.66. The Morgan fingerprint density at radius 3 is 1.54 bits per heavy atom. The van der Waals surface area contributed by atoms with Crippen molar-refractivity contribution in [1.82, 2.24) is 0 Å². The highest BCUT2D eigenvalue weighted by Gasteiger charge is 2.38. The molecule has 0 radical (unpaired) electrons. The lowest BCUT2D eigenvalue weighted by molar-refractivity contribution is -0.494. The molecule has 7 heteroatoms. The van der Waals surface area contributed by atoms with E-state index in [-0.39, 0.29) is 19.8 Å². The van der Waals surface area contributed by atoms with E-state index in [9.17, 15) is 15.2 Å². The molecule has 184 valence electrons. The van der Waals surface area contributed by atoms with Crippen LogP contribution < -0.4 is 0 Å². The molecule has 3 aromatic carbocycles. The molecule has 1 unspecified atom stereocenters. The minimum absolute atomic E-state index is 0.147. The summed E-state index contributed by atoms with van der Waals surface area (Å²) in [5.41, 5.74) is 2.73. The maximum atomic E-state index is 11.2. The van der Waals surface area contributed by atoms with E-state index in [0.29, 0.717) is 0 Å². The average Bonchev–Trinajstić information content (AvgIpc) is 2.88. The first kappa shape index (κ1) is 26.2. The molecular formula is C28H31NO6. The van der Waals surface area contributed by atoms with Gasteiger partial charge >= 0.3 is 0 Å². The van der Waals surface area contributed by atoms with Gasteiger partial charge in [0.15, 0.2) is 0 Å². The van der Waals surface area contributed by atoms with Crippen molar-refractivity contribution in [2.24, 2.45) is 0 Å². The smallest absolute Gasteiger partial charge is 0.232 e. The molecule has 0 spiro atoms. The van der Waals surface area contributed by atoms with Gasteiger partial charge in [-0.05, 0) is 16.7 Å². The predicted molar refractivity (Wildman–Crippen MR) is 133 cm³/mol. The maximum absolute atomic E-state index is 11.2. The van der Waals surface area contributed by atoms with Crippen LogP contribution in [0.5, 0.6) is 0 Å². The molecule has 35 heavy (non-hydrogen) atoms. The Labute approximate surface area is 205 Å². The standard InChI is InChI=1S/C28H31NO6/c1-2-26(33-19-22-12-6-3-7-13-22)28(35-21-24-16-10-5-11-17-24)27(25(30)18-29(31)32)34-20-23-14-8-4-9-15-23/h2-17,25-28,30H,1,18-21H2/t25?,26-,27-,28+/m1/s1. The summed E-state index contributed by atoms with van der Waals surface area (Å²) in [5, 5.41) is 22.1. The molecule has 0 amide bonds. The summed E-state index contributed by atoms with van der Waals surface area (Å²) in [7, 11) is 0. The van der Waals surface area contributed by atoms with Crippen LogP contribution in [0, 0.1) is 10.1 Å². The first-order chi connectivity index (χ1) is 17.1. The summed E-state index contributed by atoms with van der Waals surface area (Å²) in [6, 6.07) is 28.6. The number of nitrogens with zero attached hydrogens (tertiary/aromatic N) is 1. The summed E-state index contributed by atoms with van der Waals surface area (Å²) in [5.74, 6) is 0. The first-order valence-electron chi connectivity index (χ1n) is 11.5. The molecule has 0 saturated heterocycles. The third kappa shape index (κ3) is 8.73. The second-order valence-corrected chi connectivity index (χ2v) is 8.10. The maximum Gasteiger partial charge on any atom is 0.232 e. The molecule has 0 aliphatic heterocycles. The zero-order valence-electron chi connectivity index (χ0n) is 19.5. The zero-order valence-corrected chi connectivity index (χ0v) is 19.5. The van der Waals surface area contributed by atoms with Gasteiger partial charge in [0.2, 0.25) is 6.54 Å². The number of aliphatic hydroxyl groups excluding tert-OH is 1. The number of aliphatic hydroxyl groups is 1. The highest BCUT2D eigenvalue weighted by atomic mass is 16.6. The highest BCUT2D eigenvalue weighted by molar-refractivity contribution is 5.15. The van der Waals surface area contributed by atoms with Gasteiger partial charge < -0.3 is 19.3 Å². The van der Waals surface area contributed by atoms with Gasteiger partial charge in [-0.25, -0.2) is 0 Å². The Bertz CT molecular complexity index is 1020. The van der Waals surface area contributed by atoms with E-state index in [1.54, 1.807) is 6.08 Å². The van der Waals surface area contributed by atoms with Crippen LogP contribution in [-0.2, 0) is 34.0 Å². The van der Waals surface area contributed by atoms with E-state index in [2.05, 4.69) is 6.58 Å². The van der Waals surface area contributed by atoms with Crippen molar-refractivity contribution in [1.29, 1.82) is 0 Å². The van der Waals surface area contributed by atoms with Gasteiger partial charge in [-0.1, -0.05) is 97.1 Å². The summed E-state index contributed by atoms with van der Waals surface area (Å²) >= 11 is 0. The Balaban J connectivity index is 1.84. The summed E-state index contributed by atoms with van der Waals surface area (Å²) < 4.78 is 18.4. The minimum Gasteiger partial charge on any atom is -0.383 e. The second-order valence-electron chi connectivity index (χ2n) is 8.10. The summed E-state index contributed by atoms with van der Waals surface area (Å²) in [4.78, 5) is 10.7. The van der Waals surface area contributed by atoms with Crippen LogP contribution in [0.25, 0.3) is 0 Å². The third-order valence-corrected chi connectivity index (χ3v) is 5.45. The van der Waals surface area contributed by atoms with Gasteiger partial charge in [-0.3, -0.25) is 10.1 Å². The fourth-order valence-corrected chi connectivity index (χ4v) is 3.66. The van der Waals surface area contributed by atoms with Gasteiger partial charge in [-0.2, -0.15) is 0 Å². The number of hydrogen-bond donors (Lipinski definition) is 1. The van der Waals surface area contributed by atoms with Crippen molar-refractivity contribution >= 4 is 0 Å². The highest BCUT2D eigenvalue weighted by Crippen LogP contribution is 2.22. The molecule has 0 aliphatic rings. The molecule has 0 heterocycles. The lowest BCUT2D eigenvalue weighted by Crippen LogP contribution is -2.50. The molecule has 0 aromatic heterocycles. The van der Waals surface area contributed by atoms with Crippen LogP contribution in [-0.4, -0.2) is 41.0 Å². The Kier molecular flexibility index (Phi) is 10.6. The number of rotatable bonds is 15. The molecule has 0 fully saturated rings. The van der Waals surface area contributed by atoms with Crippen molar-refractivity contribution in [2.75, 3.05) is 6.54 Å². The predicted octanol–water partition coefficient (Wildman–Crippen LogP) is 4.57. The van der Waals surface area contributed by atoms with Gasteiger partial charge in [0, 0.05) is 4.92 Å². The van der Waals surface area contributed by atoms with E-state index < -0.39 is 35.9 Å². The lowest BCUT2D eigenvalue weighted by Gasteiger charge is -2.34. The quantitative estimate of drug-likeness (QED) is 0.196. The van der Waals surface area contributed by atoms with Crippen molar-refractivity contribution in [3.8, 4) is 0 Å². The van der Waals surface area contributed by atoms with Crippen LogP contribution in [0.3, 0.4) is 0 Å². The SMILES string of the molecule is C=C[C@@H](OCc1ccccc1)[C@H](OCc1ccccc1)[C@H](OCc1ccccc1)C(O)C[N+](=O)[O-]. The molecule has 0 aliphatic carbocycles. The van der Waals surface area contributed by atoms with Crippen molar-refractivity contribution < 1.29 is 24.2 Å². The lowest BCUT2D eigenvalue weighted by atomic mass is 10.0.